The molecule has 2 aliphatic rings. The number of anilines is 2. The van der Waals surface area contributed by atoms with Crippen LogP contribution < -0.4 is 24.0 Å². The Hall–Kier alpha value is -3.98. The summed E-state index contributed by atoms with van der Waals surface area (Å²) in [5, 5.41) is 13.4. The van der Waals surface area contributed by atoms with E-state index in [4.69, 9.17) is 14.2 Å². The maximum absolute atomic E-state index is 13.5. The summed E-state index contributed by atoms with van der Waals surface area (Å²) in [5.41, 5.74) is 2.62. The molecule has 3 aromatic rings. The van der Waals surface area contributed by atoms with Crippen LogP contribution in [0.5, 0.6) is 17.2 Å². The lowest BCUT2D eigenvalue weighted by atomic mass is 9.97. The van der Waals surface area contributed by atoms with Gasteiger partial charge in [-0.25, -0.2) is 0 Å². The molecule has 3 heterocycles. The smallest absolute Gasteiger partial charge is 0.300 e. The Morgan fingerprint density at radius 2 is 1.81 bits per heavy atom. The Balaban J connectivity index is 1.71. The third-order valence-electron chi connectivity index (χ3n) is 6.54. The number of aliphatic hydroxyl groups excluding tert-OH is 1. The molecule has 0 spiro atoms. The van der Waals surface area contributed by atoms with E-state index in [0.29, 0.717) is 41.7 Å². The summed E-state index contributed by atoms with van der Waals surface area (Å²) in [4.78, 5) is 31.2. The lowest BCUT2D eigenvalue weighted by molar-refractivity contribution is -0.132. The van der Waals surface area contributed by atoms with Crippen LogP contribution in [0.4, 0.5) is 11.4 Å². The molecule has 0 bridgehead atoms. The molecular weight excluding hydrogens is 480 g/mol. The number of thiophene rings is 1. The maximum atomic E-state index is 13.5. The number of Topliss-reactive ketones (excluding diaryl/α,β-unsaturated/α-hetero) is 1. The molecule has 1 amide bonds. The topological polar surface area (TPSA) is 88.5 Å². The quantitative estimate of drug-likeness (QED) is 0.309. The van der Waals surface area contributed by atoms with E-state index in [-0.39, 0.29) is 11.3 Å². The van der Waals surface area contributed by atoms with Crippen LogP contribution in [-0.2, 0) is 9.59 Å². The number of nitrogens with zero attached hydrogens (tertiary/aromatic N) is 2. The second-order valence-corrected chi connectivity index (χ2v) is 9.61. The van der Waals surface area contributed by atoms with E-state index in [0.717, 1.165) is 16.1 Å². The number of fused-ring (bicyclic) bond motifs is 1. The lowest BCUT2D eigenvalue weighted by Crippen LogP contribution is -2.29. The molecule has 0 radical (unpaired) electrons. The van der Waals surface area contributed by atoms with Gasteiger partial charge in [-0.1, -0.05) is 0 Å². The van der Waals surface area contributed by atoms with E-state index in [2.05, 4.69) is 0 Å². The molecule has 186 valence electrons. The molecule has 5 rings (SSSR count). The van der Waals surface area contributed by atoms with Crippen molar-refractivity contribution in [1.82, 2.24) is 0 Å². The van der Waals surface area contributed by atoms with Gasteiger partial charge in [0.05, 0.1) is 37.7 Å². The van der Waals surface area contributed by atoms with Crippen LogP contribution in [-0.4, -0.2) is 51.2 Å². The zero-order valence-corrected chi connectivity index (χ0v) is 21.2. The van der Waals surface area contributed by atoms with E-state index >= 15 is 0 Å². The van der Waals surface area contributed by atoms with Crippen LogP contribution in [0.2, 0.25) is 0 Å². The summed E-state index contributed by atoms with van der Waals surface area (Å²) >= 11 is 1.43. The van der Waals surface area contributed by atoms with E-state index in [1.165, 1.54) is 30.5 Å². The van der Waals surface area contributed by atoms with Gasteiger partial charge in [0, 0.05) is 35.7 Å². The molecule has 1 fully saturated rings. The number of ether oxygens (including phenoxy) is 3. The standard InChI is InChI=1S/C27H26N2O6S/c1-15-7-10-36-26(15)23-22(24(30)16-5-6-21-20(11-16)28(2)8-9-35-21)25(31)27(32)29(23)17-12-18(33-3)14-19(13-17)34-4/h5-7,10-14,23,30H,8-9H2,1-4H3/b24-22-. The molecule has 0 saturated carbocycles. The van der Waals surface area contributed by atoms with E-state index in [9.17, 15) is 14.7 Å². The van der Waals surface area contributed by atoms with Gasteiger partial charge in [0.25, 0.3) is 11.7 Å². The molecule has 1 saturated heterocycles. The largest absolute Gasteiger partial charge is 0.507 e. The van der Waals surface area contributed by atoms with Gasteiger partial charge in [-0.3, -0.25) is 14.5 Å². The predicted octanol–water partition coefficient (Wildman–Crippen LogP) is 4.53. The Labute approximate surface area is 212 Å². The average Bonchev–Trinajstić information content (AvgIpc) is 3.43. The number of ketones is 1. The van der Waals surface area contributed by atoms with Crippen LogP contribution in [0.3, 0.4) is 0 Å². The monoisotopic (exact) mass is 506 g/mol. The molecule has 1 N–H and O–H groups in total. The minimum Gasteiger partial charge on any atom is -0.507 e. The summed E-state index contributed by atoms with van der Waals surface area (Å²) in [6.45, 7) is 3.19. The van der Waals surface area contributed by atoms with Gasteiger partial charge >= 0.3 is 0 Å². The van der Waals surface area contributed by atoms with Crippen molar-refractivity contribution in [3.63, 3.8) is 0 Å². The minimum atomic E-state index is -0.813. The normalized spacial score (nSPS) is 18.7. The average molecular weight is 507 g/mol. The van der Waals surface area contributed by atoms with Crippen molar-refractivity contribution >= 4 is 40.2 Å². The number of rotatable bonds is 5. The summed E-state index contributed by atoms with van der Waals surface area (Å²) < 4.78 is 16.5. The highest BCUT2D eigenvalue weighted by atomic mass is 32.1. The molecule has 0 aliphatic carbocycles. The summed E-state index contributed by atoms with van der Waals surface area (Å²) in [6.07, 6.45) is 0. The molecular formula is C27H26N2O6S. The Bertz CT molecular complexity index is 1370. The highest BCUT2D eigenvalue weighted by molar-refractivity contribution is 7.10. The highest BCUT2D eigenvalue weighted by Gasteiger charge is 2.48. The first-order chi connectivity index (χ1) is 17.3. The summed E-state index contributed by atoms with van der Waals surface area (Å²) in [7, 11) is 4.98. The van der Waals surface area contributed by atoms with E-state index in [1.54, 1.807) is 36.4 Å². The van der Waals surface area contributed by atoms with Crippen molar-refractivity contribution in [2.75, 3.05) is 44.2 Å². The van der Waals surface area contributed by atoms with Crippen LogP contribution in [0.25, 0.3) is 5.76 Å². The number of carbonyl (C=O) groups excluding carboxylic acids is 2. The van der Waals surface area contributed by atoms with Gasteiger partial charge in [0.15, 0.2) is 0 Å². The molecule has 1 unspecified atom stereocenters. The maximum Gasteiger partial charge on any atom is 0.300 e. The van der Waals surface area contributed by atoms with Gasteiger partial charge in [0.2, 0.25) is 0 Å². The number of carbonyl (C=O) groups is 2. The van der Waals surface area contributed by atoms with Crippen molar-refractivity contribution in [3.8, 4) is 17.2 Å². The van der Waals surface area contributed by atoms with Crippen molar-refractivity contribution < 1.29 is 28.9 Å². The van der Waals surface area contributed by atoms with Crippen LogP contribution in [0, 0.1) is 6.92 Å². The lowest BCUT2D eigenvalue weighted by Gasteiger charge is -2.28. The number of methoxy groups -OCH3 is 2. The summed E-state index contributed by atoms with van der Waals surface area (Å²) in [6, 6.07) is 11.4. The minimum absolute atomic E-state index is 0.0340. The number of hydrogen-bond acceptors (Lipinski definition) is 8. The molecule has 9 heteroatoms. The first-order valence-electron chi connectivity index (χ1n) is 11.4. The summed E-state index contributed by atoms with van der Waals surface area (Å²) in [5.74, 6) is -0.0612. The first-order valence-corrected chi connectivity index (χ1v) is 12.3. The molecule has 2 aromatic carbocycles. The van der Waals surface area contributed by atoms with Gasteiger partial charge < -0.3 is 24.2 Å². The van der Waals surface area contributed by atoms with Crippen LogP contribution in [0.15, 0.2) is 53.4 Å². The van der Waals surface area contributed by atoms with Crippen LogP contribution in [0.1, 0.15) is 22.0 Å². The van der Waals surface area contributed by atoms with Gasteiger partial charge in [-0.05, 0) is 42.1 Å². The van der Waals surface area contributed by atoms with Crippen LogP contribution >= 0.6 is 11.3 Å². The number of hydrogen-bond donors (Lipinski definition) is 1. The van der Waals surface area contributed by atoms with Gasteiger partial charge in [-0.15, -0.1) is 11.3 Å². The van der Waals surface area contributed by atoms with Crippen molar-refractivity contribution in [2.45, 2.75) is 13.0 Å². The van der Waals surface area contributed by atoms with E-state index in [1.807, 2.05) is 30.3 Å². The zero-order chi connectivity index (χ0) is 25.6. The Kier molecular flexibility index (Phi) is 6.09. The van der Waals surface area contributed by atoms with E-state index < -0.39 is 17.7 Å². The Morgan fingerprint density at radius 3 is 2.44 bits per heavy atom. The molecule has 1 aromatic heterocycles. The number of amides is 1. The second kappa shape index (κ2) is 9.23. The van der Waals surface area contributed by atoms with Crippen molar-refractivity contribution in [3.05, 3.63) is 69.4 Å². The number of aliphatic hydroxyl groups is 1. The fourth-order valence-electron chi connectivity index (χ4n) is 4.60. The third kappa shape index (κ3) is 3.85. The fourth-order valence-corrected chi connectivity index (χ4v) is 5.62. The first kappa shape index (κ1) is 23.7. The van der Waals surface area contributed by atoms with Gasteiger partial charge in [0.1, 0.15) is 35.7 Å². The predicted molar refractivity (Wildman–Crippen MR) is 139 cm³/mol. The highest BCUT2D eigenvalue weighted by Crippen LogP contribution is 2.46. The molecule has 8 nitrogen and oxygen atoms in total. The second-order valence-electron chi connectivity index (χ2n) is 8.66. The van der Waals surface area contributed by atoms with Gasteiger partial charge in [-0.2, -0.15) is 0 Å². The number of likely N-dealkylation sites (N-methyl/N-ethyl adjacent to an activating group) is 1. The van der Waals surface area contributed by atoms with Crippen molar-refractivity contribution in [1.29, 1.82) is 0 Å². The number of benzene rings is 2. The third-order valence-corrected chi connectivity index (χ3v) is 7.61. The molecule has 36 heavy (non-hydrogen) atoms. The number of aryl methyl sites for hydroxylation is 1. The zero-order valence-electron chi connectivity index (χ0n) is 20.4. The SMILES string of the molecule is COc1cc(OC)cc(N2C(=O)C(=O)/C(=C(\O)c3ccc4c(c3)N(C)CCO4)C2c2sccc2C)c1. The Morgan fingerprint density at radius 1 is 1.08 bits per heavy atom. The fraction of sp³-hybridized carbons (Fsp3) is 0.259. The molecule has 2 aliphatic heterocycles. The molecule has 1 atom stereocenters. The van der Waals surface area contributed by atoms with Crippen molar-refractivity contribution in [2.24, 2.45) is 0 Å².